The van der Waals surface area contributed by atoms with E-state index in [2.05, 4.69) is 17.6 Å². The van der Waals surface area contributed by atoms with Crippen molar-refractivity contribution in [1.82, 2.24) is 10.6 Å². The summed E-state index contributed by atoms with van der Waals surface area (Å²) in [4.78, 5) is 13.6. The van der Waals surface area contributed by atoms with Crippen molar-refractivity contribution in [3.63, 3.8) is 0 Å². The van der Waals surface area contributed by atoms with E-state index in [0.29, 0.717) is 18.3 Å². The third-order valence-electron chi connectivity index (χ3n) is 3.52. The first-order valence-corrected chi connectivity index (χ1v) is 7.60. The Hall–Kier alpha value is -1.62. The highest BCUT2D eigenvalue weighted by Crippen LogP contribution is 2.24. The van der Waals surface area contributed by atoms with E-state index in [4.69, 9.17) is 0 Å². The van der Waals surface area contributed by atoms with Crippen molar-refractivity contribution in [1.29, 1.82) is 0 Å². The van der Waals surface area contributed by atoms with E-state index in [-0.39, 0.29) is 18.3 Å². The normalized spacial score (nSPS) is 14.0. The van der Waals surface area contributed by atoms with Crippen LogP contribution in [0, 0.1) is 5.82 Å². The third kappa shape index (κ3) is 4.70. The van der Waals surface area contributed by atoms with Gasteiger partial charge in [-0.3, -0.25) is 4.79 Å². The van der Waals surface area contributed by atoms with Crippen LogP contribution in [0.15, 0.2) is 18.2 Å². The second-order valence-electron chi connectivity index (χ2n) is 5.62. The first-order chi connectivity index (χ1) is 10.1. The van der Waals surface area contributed by atoms with Gasteiger partial charge < -0.3 is 15.5 Å². The number of amides is 1. The number of carbonyl (C=O) groups excluding carboxylic acids is 1. The number of likely N-dealkylation sites (N-methyl/N-ethyl adjacent to an activating group) is 1. The van der Waals surface area contributed by atoms with Crippen molar-refractivity contribution >= 4 is 11.6 Å². The van der Waals surface area contributed by atoms with Gasteiger partial charge in [0.25, 0.3) is 0 Å². The standard InChI is InChI=1S/C16H24FN3O/c1-3-9-18-10-12-5-4-6-14(17)16(12)20(2)11-15(21)19-13-7-8-13/h4-6,13,18H,3,7-11H2,1-2H3,(H,19,21). The minimum absolute atomic E-state index is 0.0456. The Morgan fingerprint density at radius 3 is 2.86 bits per heavy atom. The molecule has 2 rings (SSSR count). The Labute approximate surface area is 125 Å². The minimum atomic E-state index is -0.285. The molecule has 116 valence electrons. The lowest BCUT2D eigenvalue weighted by molar-refractivity contribution is -0.119. The molecule has 0 unspecified atom stereocenters. The number of nitrogens with one attached hydrogen (secondary N) is 2. The Bertz CT molecular complexity index is 488. The topological polar surface area (TPSA) is 44.4 Å². The number of anilines is 1. The molecule has 1 saturated carbocycles. The Morgan fingerprint density at radius 1 is 1.43 bits per heavy atom. The molecule has 2 N–H and O–H groups in total. The zero-order valence-corrected chi connectivity index (χ0v) is 12.8. The molecule has 5 heteroatoms. The van der Waals surface area contributed by atoms with Crippen LogP contribution in [0.1, 0.15) is 31.7 Å². The van der Waals surface area contributed by atoms with E-state index in [1.54, 1.807) is 18.0 Å². The largest absolute Gasteiger partial charge is 0.363 e. The van der Waals surface area contributed by atoms with E-state index >= 15 is 0 Å². The van der Waals surface area contributed by atoms with E-state index in [0.717, 1.165) is 31.4 Å². The highest BCUT2D eigenvalue weighted by Gasteiger charge is 2.24. The van der Waals surface area contributed by atoms with E-state index in [1.165, 1.54) is 6.07 Å². The van der Waals surface area contributed by atoms with Crippen LogP contribution in [0.5, 0.6) is 0 Å². The molecule has 1 aliphatic carbocycles. The minimum Gasteiger partial charge on any atom is -0.363 e. The number of hydrogen-bond acceptors (Lipinski definition) is 3. The van der Waals surface area contributed by atoms with Crippen molar-refractivity contribution in [2.75, 3.05) is 25.0 Å². The summed E-state index contributed by atoms with van der Waals surface area (Å²) in [6.45, 7) is 3.77. The maximum Gasteiger partial charge on any atom is 0.239 e. The fourth-order valence-electron chi connectivity index (χ4n) is 2.33. The fourth-order valence-corrected chi connectivity index (χ4v) is 2.33. The summed E-state index contributed by atoms with van der Waals surface area (Å²) in [5.41, 5.74) is 1.39. The molecule has 0 spiro atoms. The number of halogens is 1. The maximum atomic E-state index is 14.1. The zero-order valence-electron chi connectivity index (χ0n) is 12.8. The highest BCUT2D eigenvalue weighted by molar-refractivity contribution is 5.82. The van der Waals surface area contributed by atoms with Gasteiger partial charge in [-0.05, 0) is 37.4 Å². The summed E-state index contributed by atoms with van der Waals surface area (Å²) in [5.74, 6) is -0.330. The Kier molecular flexibility index (Phi) is 5.56. The lowest BCUT2D eigenvalue weighted by atomic mass is 10.1. The van der Waals surface area contributed by atoms with Gasteiger partial charge in [0.05, 0.1) is 12.2 Å². The lowest BCUT2D eigenvalue weighted by Gasteiger charge is -2.23. The molecule has 0 saturated heterocycles. The SMILES string of the molecule is CCCNCc1cccc(F)c1N(C)CC(=O)NC1CC1. The zero-order chi connectivity index (χ0) is 15.2. The quantitative estimate of drug-likeness (QED) is 0.721. The predicted octanol–water partition coefficient (Wildman–Crippen LogP) is 2.04. The number of hydrogen-bond donors (Lipinski definition) is 2. The molecule has 1 aromatic carbocycles. The first-order valence-electron chi connectivity index (χ1n) is 7.60. The van der Waals surface area contributed by atoms with Crippen LogP contribution in [0.2, 0.25) is 0 Å². The molecule has 0 bridgehead atoms. The van der Waals surface area contributed by atoms with Crippen LogP contribution < -0.4 is 15.5 Å². The van der Waals surface area contributed by atoms with Crippen molar-refractivity contribution in [3.8, 4) is 0 Å². The van der Waals surface area contributed by atoms with Crippen molar-refractivity contribution in [2.24, 2.45) is 0 Å². The summed E-state index contributed by atoms with van der Waals surface area (Å²) < 4.78 is 14.1. The average Bonchev–Trinajstić information content (AvgIpc) is 3.22. The molecule has 0 aromatic heterocycles. The summed E-state index contributed by atoms with van der Waals surface area (Å²) in [5, 5.41) is 6.20. The van der Waals surface area contributed by atoms with Gasteiger partial charge >= 0.3 is 0 Å². The van der Waals surface area contributed by atoms with Gasteiger partial charge in [0.2, 0.25) is 5.91 Å². The molecule has 21 heavy (non-hydrogen) atoms. The lowest BCUT2D eigenvalue weighted by Crippen LogP contribution is -2.37. The number of benzene rings is 1. The van der Waals surface area contributed by atoms with E-state index in [9.17, 15) is 9.18 Å². The van der Waals surface area contributed by atoms with Crippen molar-refractivity contribution in [3.05, 3.63) is 29.6 Å². The van der Waals surface area contributed by atoms with Gasteiger partial charge in [0.1, 0.15) is 5.82 Å². The molecule has 4 nitrogen and oxygen atoms in total. The molecular weight excluding hydrogens is 269 g/mol. The monoisotopic (exact) mass is 293 g/mol. The predicted molar refractivity (Wildman–Crippen MR) is 82.8 cm³/mol. The van der Waals surface area contributed by atoms with Crippen LogP contribution in [-0.4, -0.2) is 32.1 Å². The molecular formula is C16H24FN3O. The highest BCUT2D eigenvalue weighted by atomic mass is 19.1. The third-order valence-corrected chi connectivity index (χ3v) is 3.52. The second-order valence-corrected chi connectivity index (χ2v) is 5.62. The number of nitrogens with zero attached hydrogens (tertiary/aromatic N) is 1. The Balaban J connectivity index is 2.02. The second kappa shape index (κ2) is 7.41. The van der Waals surface area contributed by atoms with Crippen LogP contribution in [-0.2, 0) is 11.3 Å². The van der Waals surface area contributed by atoms with Gasteiger partial charge in [0.15, 0.2) is 0 Å². The fraction of sp³-hybridized carbons (Fsp3) is 0.562. The molecule has 1 aromatic rings. The van der Waals surface area contributed by atoms with Crippen LogP contribution >= 0.6 is 0 Å². The summed E-state index contributed by atoms with van der Waals surface area (Å²) in [6, 6.07) is 5.38. The molecule has 0 radical (unpaired) electrons. The summed E-state index contributed by atoms with van der Waals surface area (Å²) in [6.07, 6.45) is 3.15. The van der Waals surface area contributed by atoms with Gasteiger partial charge in [0, 0.05) is 19.6 Å². The molecule has 1 amide bonds. The molecule has 0 atom stereocenters. The number of rotatable bonds is 8. The molecule has 0 aliphatic heterocycles. The molecule has 1 aliphatic rings. The first kappa shape index (κ1) is 15.8. The van der Waals surface area contributed by atoms with Gasteiger partial charge in [-0.15, -0.1) is 0 Å². The summed E-state index contributed by atoms with van der Waals surface area (Å²) >= 11 is 0. The van der Waals surface area contributed by atoms with Crippen LogP contribution in [0.25, 0.3) is 0 Å². The summed E-state index contributed by atoms with van der Waals surface area (Å²) in [7, 11) is 1.76. The number of para-hydroxylation sites is 1. The molecule has 0 heterocycles. The average molecular weight is 293 g/mol. The molecule has 1 fully saturated rings. The van der Waals surface area contributed by atoms with E-state index < -0.39 is 0 Å². The van der Waals surface area contributed by atoms with E-state index in [1.807, 2.05) is 6.07 Å². The smallest absolute Gasteiger partial charge is 0.239 e. The maximum absolute atomic E-state index is 14.1. The van der Waals surface area contributed by atoms with Gasteiger partial charge in [-0.2, -0.15) is 0 Å². The number of carbonyl (C=O) groups is 1. The van der Waals surface area contributed by atoms with Crippen LogP contribution in [0.4, 0.5) is 10.1 Å². The van der Waals surface area contributed by atoms with Gasteiger partial charge in [-0.1, -0.05) is 19.1 Å². The van der Waals surface area contributed by atoms with Gasteiger partial charge in [-0.25, -0.2) is 4.39 Å². The van der Waals surface area contributed by atoms with Crippen LogP contribution in [0.3, 0.4) is 0 Å². The van der Waals surface area contributed by atoms with Crippen molar-refractivity contribution < 1.29 is 9.18 Å². The van der Waals surface area contributed by atoms with Crippen molar-refractivity contribution in [2.45, 2.75) is 38.8 Å². The Morgan fingerprint density at radius 2 is 2.19 bits per heavy atom.